The molecule has 0 aromatic heterocycles. The zero-order valence-corrected chi connectivity index (χ0v) is 47.6. The van der Waals surface area contributed by atoms with Gasteiger partial charge in [-0.3, -0.25) is 28.0 Å². The normalized spacial score (nSPS) is 26.4. The number of carbonyl (C=O) groups is 3. The second-order valence-electron chi connectivity index (χ2n) is 21.2. The number of amides is 1. The van der Waals surface area contributed by atoms with Gasteiger partial charge >= 0.3 is 19.8 Å². The highest BCUT2D eigenvalue weighted by Crippen LogP contribution is 2.55. The Kier molecular flexibility index (Phi) is 22.7. The van der Waals surface area contributed by atoms with Crippen molar-refractivity contribution in [2.75, 3.05) is 13.2 Å². The number of nitrogens with one attached hydrogen (secondary N) is 1. The molecular formula is C55H79N4O15PSi. The van der Waals surface area contributed by atoms with Gasteiger partial charge in [0.25, 0.3) is 0 Å². The molecule has 0 bridgehead atoms. The van der Waals surface area contributed by atoms with Gasteiger partial charge in [-0.15, -0.1) is 0 Å². The van der Waals surface area contributed by atoms with Crippen molar-refractivity contribution in [1.82, 2.24) is 5.32 Å². The molecule has 1 amide bonds. The Morgan fingerprint density at radius 3 is 1.95 bits per heavy atom. The molecule has 0 radical (unpaired) electrons. The first-order chi connectivity index (χ1) is 36.3. The summed E-state index contributed by atoms with van der Waals surface area (Å²) in [5.74, 6) is -2.86. The first kappa shape index (κ1) is 60.7. The molecule has 3 aliphatic rings. The summed E-state index contributed by atoms with van der Waals surface area (Å²) in [5.41, 5.74) is 13.4. The van der Waals surface area contributed by atoms with Crippen LogP contribution in [-0.4, -0.2) is 101 Å². The van der Waals surface area contributed by atoms with Gasteiger partial charge in [-0.05, 0) is 58.8 Å². The second-order valence-corrected chi connectivity index (χ2v) is 27.6. The molecule has 1 N–H and O–H groups in total. The fraction of sp³-hybridized carbons (Fsp3) is 0.618. The SMILES string of the molecule is CCC(=O)O[C@H](CC)CC(=O)NC1[C@H](OCC2O[C@H](O[Si](C)(C)C(C)(C)C)C(N=[N+]=[N-])[C@@H](OC(=O)C[C@@H](CC)OCc3ccccc3)[C@@H]2C)OC(COCc2ccccc2)[C@@H](OP2(=O)OCc3ccccc3CO2)[C@@H]1C. The number of nitrogens with zero attached hydrogens (tertiary/aromatic N) is 3. The van der Waals surface area contributed by atoms with Crippen LogP contribution in [0.15, 0.2) is 90.0 Å². The average Bonchev–Trinajstić information content (AvgIpc) is 3.58. The number of hydrogen-bond donors (Lipinski definition) is 1. The third kappa shape index (κ3) is 17.0. The number of ether oxygens (including phenoxy) is 7. The van der Waals surface area contributed by atoms with Gasteiger partial charge in [0.2, 0.25) is 5.91 Å². The van der Waals surface area contributed by atoms with E-state index in [-0.39, 0.29) is 57.3 Å². The summed E-state index contributed by atoms with van der Waals surface area (Å²) in [4.78, 5) is 43.7. The number of rotatable bonds is 25. The third-order valence-electron chi connectivity index (χ3n) is 14.7. The van der Waals surface area contributed by atoms with E-state index >= 15 is 0 Å². The molecule has 21 heteroatoms. The summed E-state index contributed by atoms with van der Waals surface area (Å²) >= 11 is 0. The van der Waals surface area contributed by atoms with Gasteiger partial charge in [-0.1, -0.05) is 145 Å². The Morgan fingerprint density at radius 1 is 0.776 bits per heavy atom. The molecular weight excluding hydrogens is 1020 g/mol. The first-order valence-electron chi connectivity index (χ1n) is 26.5. The number of fused-ring (bicyclic) bond motifs is 1. The van der Waals surface area contributed by atoms with E-state index in [4.69, 9.17) is 51.2 Å². The molecule has 0 aliphatic carbocycles. The summed E-state index contributed by atoms with van der Waals surface area (Å²) < 4.78 is 84.4. The lowest BCUT2D eigenvalue weighted by Crippen LogP contribution is -2.63. The molecule has 3 aliphatic heterocycles. The van der Waals surface area contributed by atoms with Crippen molar-refractivity contribution >= 4 is 34.0 Å². The molecule has 418 valence electrons. The standard InChI is InChI=1S/C55H79N4O15PSi/c1-11-42(65-31-39-24-18-15-19-25-39)29-48(62)72-52-36(4)44(70-54(50(52)58-59-56)74-76(9,10)55(6,7)8)35-66-53-49(57-46(60)28-43(12-2)69-47(61)13-3)37(5)51(45(71-53)34-64-30-38-22-16-14-17-23-38)73-75(63)67-32-40-26-20-21-27-41(40)33-68-75/h14-27,36-37,42-45,49-54H,11-13,28-35H2,1-10H3,(H,57,60)/t36-,37-,42-,43-,44?,45?,49?,50?,51+,52+,53-,54-/m1/s1. The fourth-order valence-corrected chi connectivity index (χ4v) is 11.4. The van der Waals surface area contributed by atoms with Gasteiger partial charge in [0.05, 0.1) is 70.7 Å². The maximum Gasteiger partial charge on any atom is 0.475 e. The Balaban J connectivity index is 1.31. The fourth-order valence-electron chi connectivity index (χ4n) is 8.86. The quantitative estimate of drug-likeness (QED) is 0.0208. The highest BCUT2D eigenvalue weighted by atomic mass is 31.2. The maximum atomic E-state index is 14.6. The molecule has 6 rings (SSSR count). The number of azide groups is 1. The lowest BCUT2D eigenvalue weighted by molar-refractivity contribution is -0.282. The minimum absolute atomic E-state index is 0.0386. The van der Waals surface area contributed by atoms with Crippen molar-refractivity contribution in [2.24, 2.45) is 17.0 Å². The van der Waals surface area contributed by atoms with Crippen molar-refractivity contribution in [2.45, 2.75) is 193 Å². The first-order valence-corrected chi connectivity index (χ1v) is 30.9. The van der Waals surface area contributed by atoms with Crippen LogP contribution in [0.5, 0.6) is 0 Å². The predicted molar refractivity (Wildman–Crippen MR) is 284 cm³/mol. The van der Waals surface area contributed by atoms with Crippen molar-refractivity contribution in [1.29, 1.82) is 0 Å². The summed E-state index contributed by atoms with van der Waals surface area (Å²) in [6.45, 7) is 19.5. The summed E-state index contributed by atoms with van der Waals surface area (Å²) in [7, 11) is -6.97. The monoisotopic (exact) mass is 1090 g/mol. The van der Waals surface area contributed by atoms with E-state index in [1.807, 2.05) is 126 Å². The highest BCUT2D eigenvalue weighted by molar-refractivity contribution is 7.48. The van der Waals surface area contributed by atoms with Crippen LogP contribution in [0.3, 0.4) is 0 Å². The average molecular weight is 1100 g/mol. The molecule has 3 aromatic carbocycles. The van der Waals surface area contributed by atoms with E-state index in [2.05, 4.69) is 36.1 Å². The van der Waals surface area contributed by atoms with Gasteiger partial charge in [-0.25, -0.2) is 4.57 Å². The lowest BCUT2D eigenvalue weighted by atomic mass is 9.88. The van der Waals surface area contributed by atoms with Gasteiger partial charge in [-0.2, -0.15) is 0 Å². The third-order valence-corrected chi connectivity index (χ3v) is 20.5. The Bertz CT molecular complexity index is 2400. The second kappa shape index (κ2) is 28.4. The molecule has 3 heterocycles. The van der Waals surface area contributed by atoms with E-state index in [1.165, 1.54) is 0 Å². The number of carbonyl (C=O) groups excluding carboxylic acids is 3. The van der Waals surface area contributed by atoms with Gasteiger partial charge in [0.15, 0.2) is 20.9 Å². The molecule has 19 nitrogen and oxygen atoms in total. The van der Waals surface area contributed by atoms with Crippen LogP contribution >= 0.6 is 7.82 Å². The number of benzene rings is 3. The van der Waals surface area contributed by atoms with Crippen molar-refractivity contribution < 1.29 is 70.1 Å². The van der Waals surface area contributed by atoms with E-state index in [1.54, 1.807) is 6.92 Å². The van der Waals surface area contributed by atoms with Crippen LogP contribution in [-0.2, 0) is 96.5 Å². The van der Waals surface area contributed by atoms with E-state index in [9.17, 15) is 24.5 Å². The molecule has 2 fully saturated rings. The zero-order chi connectivity index (χ0) is 55.0. The minimum atomic E-state index is -4.30. The van der Waals surface area contributed by atoms with Crippen molar-refractivity contribution in [3.05, 3.63) is 118 Å². The number of hydrogen-bond acceptors (Lipinski definition) is 16. The topological polar surface area (TPSA) is 231 Å². The molecule has 12 atom stereocenters. The van der Waals surface area contributed by atoms with E-state index in [0.29, 0.717) is 19.4 Å². The number of esters is 2. The Hall–Kier alpha value is -4.53. The van der Waals surface area contributed by atoms with Gasteiger partial charge in [0, 0.05) is 23.2 Å². The van der Waals surface area contributed by atoms with Crippen molar-refractivity contribution in [3.8, 4) is 0 Å². The largest absolute Gasteiger partial charge is 0.475 e. The maximum absolute atomic E-state index is 14.6. The van der Waals surface area contributed by atoms with Crippen LogP contribution in [0.2, 0.25) is 18.1 Å². The Morgan fingerprint density at radius 2 is 1.37 bits per heavy atom. The van der Waals surface area contributed by atoms with Crippen LogP contribution in [0.25, 0.3) is 10.4 Å². The van der Waals surface area contributed by atoms with Crippen LogP contribution in [0, 0.1) is 11.8 Å². The van der Waals surface area contributed by atoms with E-state index < -0.39 is 107 Å². The predicted octanol–water partition coefficient (Wildman–Crippen LogP) is 10.8. The van der Waals surface area contributed by atoms with Crippen LogP contribution in [0.4, 0.5) is 0 Å². The molecule has 0 spiro atoms. The van der Waals surface area contributed by atoms with E-state index in [0.717, 1.165) is 22.3 Å². The smallest absolute Gasteiger partial charge is 0.462 e. The zero-order valence-electron chi connectivity index (χ0n) is 45.7. The Labute approximate surface area is 449 Å². The summed E-state index contributed by atoms with van der Waals surface area (Å²) in [6.07, 6.45) is -6.71. The van der Waals surface area contributed by atoms with Crippen LogP contribution in [0.1, 0.15) is 110 Å². The summed E-state index contributed by atoms with van der Waals surface area (Å²) in [5, 5.41) is 6.92. The highest BCUT2D eigenvalue weighted by Gasteiger charge is 2.53. The van der Waals surface area contributed by atoms with Gasteiger partial charge < -0.3 is 42.9 Å². The molecule has 76 heavy (non-hydrogen) atoms. The number of phosphoric ester groups is 1. The molecule has 0 saturated carbocycles. The van der Waals surface area contributed by atoms with Crippen molar-refractivity contribution in [3.63, 3.8) is 0 Å². The molecule has 3 aromatic rings. The molecule has 4 unspecified atom stereocenters. The van der Waals surface area contributed by atoms with Crippen LogP contribution < -0.4 is 5.32 Å². The minimum Gasteiger partial charge on any atom is -0.462 e. The van der Waals surface area contributed by atoms with Gasteiger partial charge in [0.1, 0.15) is 30.5 Å². The number of phosphoric acid groups is 1. The summed E-state index contributed by atoms with van der Waals surface area (Å²) in [6, 6.07) is 24.6. The lowest BCUT2D eigenvalue weighted by Gasteiger charge is -2.48. The molecule has 2 saturated heterocycles.